The van der Waals surface area contributed by atoms with Crippen LogP contribution in [-0.4, -0.2) is 46.7 Å². The molecule has 1 unspecified atom stereocenters. The Kier molecular flexibility index (Phi) is 6.11. The van der Waals surface area contributed by atoms with Crippen LogP contribution in [0.4, 0.5) is 4.39 Å². The first-order valence-electron chi connectivity index (χ1n) is 6.34. The molecule has 2 N–H and O–H groups in total. The Morgan fingerprint density at radius 1 is 1.35 bits per heavy atom. The lowest BCUT2D eigenvalue weighted by Crippen LogP contribution is -2.38. The average Bonchev–Trinajstić information content (AvgIpc) is 2.42. The highest BCUT2D eigenvalue weighted by Gasteiger charge is 2.23. The van der Waals surface area contributed by atoms with E-state index in [1.807, 2.05) is 0 Å². The Bertz CT molecular complexity index is 478. The first-order valence-corrected chi connectivity index (χ1v) is 6.34. The summed E-state index contributed by atoms with van der Waals surface area (Å²) >= 11 is 0. The number of nitrogens with zero attached hydrogens (tertiary/aromatic N) is 1. The second-order valence-corrected chi connectivity index (χ2v) is 4.55. The molecule has 110 valence electrons. The van der Waals surface area contributed by atoms with Gasteiger partial charge >= 0.3 is 5.97 Å². The van der Waals surface area contributed by atoms with Crippen LogP contribution in [-0.2, 0) is 4.79 Å². The van der Waals surface area contributed by atoms with E-state index in [4.69, 9.17) is 10.2 Å². The van der Waals surface area contributed by atoms with Crippen molar-refractivity contribution >= 4 is 11.9 Å². The molecule has 1 atom stereocenters. The highest BCUT2D eigenvalue weighted by Crippen LogP contribution is 2.12. The lowest BCUT2D eigenvalue weighted by Gasteiger charge is -2.24. The number of halogens is 1. The molecule has 0 aromatic heterocycles. The second-order valence-electron chi connectivity index (χ2n) is 4.55. The molecule has 1 aromatic rings. The van der Waals surface area contributed by atoms with Gasteiger partial charge in [-0.15, -0.1) is 0 Å². The maximum Gasteiger partial charge on any atom is 0.308 e. The number of aliphatic carboxylic acids is 1. The van der Waals surface area contributed by atoms with Gasteiger partial charge in [0.25, 0.3) is 5.91 Å². The van der Waals surface area contributed by atoms with Gasteiger partial charge in [-0.1, -0.05) is 19.1 Å². The highest BCUT2D eigenvalue weighted by atomic mass is 19.1. The van der Waals surface area contributed by atoms with E-state index in [0.717, 1.165) is 0 Å². The standard InChI is InChI=1S/C14H18FNO4/c1-10(14(19)20)9-16(7-4-8-17)13(18)11-5-2-3-6-12(11)15/h2-3,5-6,10,17H,4,7-9H2,1H3,(H,19,20). The molecule has 0 heterocycles. The largest absolute Gasteiger partial charge is 0.481 e. The highest BCUT2D eigenvalue weighted by molar-refractivity contribution is 5.94. The van der Waals surface area contributed by atoms with Gasteiger partial charge in [-0.2, -0.15) is 0 Å². The van der Waals surface area contributed by atoms with E-state index < -0.39 is 23.6 Å². The normalized spacial score (nSPS) is 11.9. The molecular formula is C14H18FNO4. The van der Waals surface area contributed by atoms with Crippen molar-refractivity contribution in [1.82, 2.24) is 4.90 Å². The maximum absolute atomic E-state index is 13.6. The second kappa shape index (κ2) is 7.59. The maximum atomic E-state index is 13.6. The average molecular weight is 283 g/mol. The number of carbonyl (C=O) groups is 2. The van der Waals surface area contributed by atoms with Crippen molar-refractivity contribution in [2.24, 2.45) is 5.92 Å². The fraction of sp³-hybridized carbons (Fsp3) is 0.429. The van der Waals surface area contributed by atoms with Gasteiger partial charge in [-0.3, -0.25) is 9.59 Å². The summed E-state index contributed by atoms with van der Waals surface area (Å²) in [6, 6.07) is 5.55. The van der Waals surface area contributed by atoms with Crippen LogP contribution in [0.1, 0.15) is 23.7 Å². The summed E-state index contributed by atoms with van der Waals surface area (Å²) in [5, 5.41) is 17.7. The first-order chi connectivity index (χ1) is 9.47. The quantitative estimate of drug-likeness (QED) is 0.792. The van der Waals surface area contributed by atoms with Gasteiger partial charge in [0.15, 0.2) is 0 Å². The van der Waals surface area contributed by atoms with Gasteiger partial charge in [0, 0.05) is 19.7 Å². The summed E-state index contributed by atoms with van der Waals surface area (Å²) < 4.78 is 13.6. The number of aliphatic hydroxyl groups is 1. The Hall–Kier alpha value is -1.95. The van der Waals surface area contributed by atoms with Crippen LogP contribution in [0.2, 0.25) is 0 Å². The van der Waals surface area contributed by atoms with Crippen LogP contribution < -0.4 is 0 Å². The molecule has 20 heavy (non-hydrogen) atoms. The molecule has 0 spiro atoms. The molecule has 1 aromatic carbocycles. The molecule has 0 bridgehead atoms. The van der Waals surface area contributed by atoms with Crippen molar-refractivity contribution in [1.29, 1.82) is 0 Å². The molecule has 0 aliphatic rings. The molecule has 0 saturated heterocycles. The Labute approximate surface area is 116 Å². The zero-order valence-electron chi connectivity index (χ0n) is 11.3. The molecule has 6 heteroatoms. The van der Waals surface area contributed by atoms with Crippen LogP contribution in [0.25, 0.3) is 0 Å². The molecule has 0 saturated carbocycles. The molecule has 0 fully saturated rings. The van der Waals surface area contributed by atoms with Crippen molar-refractivity contribution in [2.75, 3.05) is 19.7 Å². The molecule has 5 nitrogen and oxygen atoms in total. The molecule has 1 rings (SSSR count). The SMILES string of the molecule is CC(CN(CCCO)C(=O)c1ccccc1F)C(=O)O. The van der Waals surface area contributed by atoms with Gasteiger partial charge in [-0.05, 0) is 18.6 Å². The van der Waals surface area contributed by atoms with Crippen molar-refractivity contribution in [3.05, 3.63) is 35.6 Å². The van der Waals surface area contributed by atoms with Gasteiger partial charge < -0.3 is 15.1 Å². The first kappa shape index (κ1) is 16.1. The summed E-state index contributed by atoms with van der Waals surface area (Å²) in [6.45, 7) is 1.51. The van der Waals surface area contributed by atoms with Crippen molar-refractivity contribution in [2.45, 2.75) is 13.3 Å². The monoisotopic (exact) mass is 283 g/mol. The number of hydrogen-bond donors (Lipinski definition) is 2. The Morgan fingerprint density at radius 3 is 2.55 bits per heavy atom. The van der Waals surface area contributed by atoms with Crippen LogP contribution in [0.3, 0.4) is 0 Å². The minimum Gasteiger partial charge on any atom is -0.481 e. The zero-order valence-corrected chi connectivity index (χ0v) is 11.3. The Balaban J connectivity index is 2.89. The van der Waals surface area contributed by atoms with E-state index in [-0.39, 0.29) is 25.3 Å². The number of carbonyl (C=O) groups excluding carboxylic acids is 1. The fourth-order valence-corrected chi connectivity index (χ4v) is 1.75. The van der Waals surface area contributed by atoms with Crippen LogP contribution >= 0.6 is 0 Å². The molecule has 0 radical (unpaired) electrons. The minimum absolute atomic E-state index is 0.0253. The van der Waals surface area contributed by atoms with E-state index in [2.05, 4.69) is 0 Å². The fourth-order valence-electron chi connectivity index (χ4n) is 1.75. The molecule has 0 aliphatic carbocycles. The number of amides is 1. The molecular weight excluding hydrogens is 265 g/mol. The molecule has 1 amide bonds. The predicted octanol–water partition coefficient (Wildman–Crippen LogP) is 1.37. The number of carboxylic acid groups (broad SMARTS) is 1. The zero-order chi connectivity index (χ0) is 15.1. The topological polar surface area (TPSA) is 77.8 Å². The number of carboxylic acids is 1. The van der Waals surface area contributed by atoms with E-state index >= 15 is 0 Å². The third-order valence-corrected chi connectivity index (χ3v) is 2.89. The van der Waals surface area contributed by atoms with Gasteiger partial charge in [0.05, 0.1) is 11.5 Å². The van der Waals surface area contributed by atoms with Gasteiger partial charge in [0.1, 0.15) is 5.82 Å². The summed E-state index contributed by atoms with van der Waals surface area (Å²) in [6.07, 6.45) is 0.312. The summed E-state index contributed by atoms with van der Waals surface area (Å²) in [5.41, 5.74) is -0.0944. The summed E-state index contributed by atoms with van der Waals surface area (Å²) in [4.78, 5) is 24.4. The van der Waals surface area contributed by atoms with Crippen LogP contribution in [0, 0.1) is 11.7 Å². The van der Waals surface area contributed by atoms with E-state index in [0.29, 0.717) is 6.42 Å². The lowest BCUT2D eigenvalue weighted by atomic mass is 10.1. The van der Waals surface area contributed by atoms with E-state index in [9.17, 15) is 14.0 Å². The van der Waals surface area contributed by atoms with Crippen molar-refractivity contribution in [3.63, 3.8) is 0 Å². The molecule has 0 aliphatic heterocycles. The van der Waals surface area contributed by atoms with Crippen LogP contribution in [0.5, 0.6) is 0 Å². The number of aliphatic hydroxyl groups excluding tert-OH is 1. The van der Waals surface area contributed by atoms with Crippen molar-refractivity contribution < 1.29 is 24.2 Å². The smallest absolute Gasteiger partial charge is 0.308 e. The number of hydrogen-bond acceptors (Lipinski definition) is 3. The summed E-state index contributed by atoms with van der Waals surface area (Å²) in [7, 11) is 0. The van der Waals surface area contributed by atoms with E-state index in [1.54, 1.807) is 6.07 Å². The van der Waals surface area contributed by atoms with Crippen molar-refractivity contribution in [3.8, 4) is 0 Å². The minimum atomic E-state index is -1.03. The summed E-state index contributed by atoms with van der Waals surface area (Å²) in [5.74, 6) is -3.00. The third-order valence-electron chi connectivity index (χ3n) is 2.89. The predicted molar refractivity (Wildman–Crippen MR) is 70.8 cm³/mol. The third kappa shape index (κ3) is 4.31. The lowest BCUT2D eigenvalue weighted by molar-refractivity contribution is -0.141. The Morgan fingerprint density at radius 2 is 2.00 bits per heavy atom. The number of benzene rings is 1. The van der Waals surface area contributed by atoms with E-state index in [1.165, 1.54) is 30.0 Å². The number of rotatable bonds is 7. The van der Waals surface area contributed by atoms with Crippen LogP contribution in [0.15, 0.2) is 24.3 Å². The van der Waals surface area contributed by atoms with Gasteiger partial charge in [-0.25, -0.2) is 4.39 Å². The van der Waals surface area contributed by atoms with Gasteiger partial charge in [0.2, 0.25) is 0 Å².